The van der Waals surface area contributed by atoms with Crippen LogP contribution in [0.5, 0.6) is 5.75 Å². The summed E-state index contributed by atoms with van der Waals surface area (Å²) in [6, 6.07) is 5.32. The maximum Gasteiger partial charge on any atom is 0.147 e. The number of nitrogens with zero attached hydrogens (tertiary/aromatic N) is 3. The molecule has 0 aliphatic carbocycles. The minimum atomic E-state index is 0.120. The molecule has 1 fully saturated rings. The summed E-state index contributed by atoms with van der Waals surface area (Å²) < 4.78 is 5.93. The average molecular weight is 310 g/mol. The topological polar surface area (TPSA) is 38.2 Å². The summed E-state index contributed by atoms with van der Waals surface area (Å²) in [6.07, 6.45) is 6.19. The van der Waals surface area contributed by atoms with Crippen molar-refractivity contribution in [1.29, 1.82) is 0 Å². The van der Waals surface area contributed by atoms with Crippen molar-refractivity contribution in [2.24, 2.45) is 0 Å². The Hall–Kier alpha value is -1.52. The molecule has 4 nitrogen and oxygen atoms in total. The van der Waals surface area contributed by atoms with E-state index in [1.807, 2.05) is 6.07 Å². The van der Waals surface area contributed by atoms with Gasteiger partial charge in [-0.2, -0.15) is 0 Å². The Balaban J connectivity index is 1.64. The molecular formula is C14H13Cl2N3O. The molecule has 20 heavy (non-hydrogen) atoms. The van der Waals surface area contributed by atoms with Gasteiger partial charge in [-0.05, 0) is 12.1 Å². The first-order chi connectivity index (χ1) is 9.72. The van der Waals surface area contributed by atoms with Crippen LogP contribution in [0, 0.1) is 0 Å². The molecule has 0 saturated carbocycles. The van der Waals surface area contributed by atoms with Gasteiger partial charge in [0.1, 0.15) is 17.7 Å². The number of hydrogen-bond donors (Lipinski definition) is 0. The summed E-state index contributed by atoms with van der Waals surface area (Å²) in [5.41, 5.74) is 0. The second-order valence-corrected chi connectivity index (χ2v) is 5.43. The van der Waals surface area contributed by atoms with Crippen molar-refractivity contribution in [3.05, 3.63) is 46.8 Å². The van der Waals surface area contributed by atoms with E-state index in [0.717, 1.165) is 31.1 Å². The van der Waals surface area contributed by atoms with Gasteiger partial charge in [0, 0.05) is 31.4 Å². The van der Waals surface area contributed by atoms with Crippen molar-refractivity contribution >= 4 is 29.0 Å². The highest BCUT2D eigenvalue weighted by Crippen LogP contribution is 2.28. The molecule has 6 heteroatoms. The molecule has 1 saturated heterocycles. The quantitative estimate of drug-likeness (QED) is 0.870. The molecule has 1 aromatic heterocycles. The second kappa shape index (κ2) is 5.85. The molecule has 1 aromatic carbocycles. The summed E-state index contributed by atoms with van der Waals surface area (Å²) >= 11 is 11.9. The Morgan fingerprint density at radius 3 is 2.85 bits per heavy atom. The van der Waals surface area contributed by atoms with Gasteiger partial charge in [0.25, 0.3) is 0 Å². The molecule has 0 spiro atoms. The molecule has 0 amide bonds. The highest BCUT2D eigenvalue weighted by molar-refractivity contribution is 6.42. The second-order valence-electron chi connectivity index (χ2n) is 4.61. The lowest BCUT2D eigenvalue weighted by Gasteiger charge is -2.17. The Labute approximate surface area is 127 Å². The predicted octanol–water partition coefficient (Wildman–Crippen LogP) is 3.44. The van der Waals surface area contributed by atoms with Gasteiger partial charge in [-0.15, -0.1) is 0 Å². The zero-order valence-corrected chi connectivity index (χ0v) is 12.2. The number of hydrogen-bond acceptors (Lipinski definition) is 4. The fraction of sp³-hybridized carbons (Fsp3) is 0.286. The van der Waals surface area contributed by atoms with Crippen molar-refractivity contribution in [3.63, 3.8) is 0 Å². The van der Waals surface area contributed by atoms with E-state index >= 15 is 0 Å². The van der Waals surface area contributed by atoms with E-state index in [-0.39, 0.29) is 6.10 Å². The van der Waals surface area contributed by atoms with E-state index in [4.69, 9.17) is 27.9 Å². The summed E-state index contributed by atoms with van der Waals surface area (Å²) in [6.45, 7) is 1.70. The van der Waals surface area contributed by atoms with Crippen molar-refractivity contribution in [2.75, 3.05) is 18.0 Å². The van der Waals surface area contributed by atoms with Crippen LogP contribution in [0.3, 0.4) is 0 Å². The lowest BCUT2D eigenvalue weighted by molar-refractivity contribution is 0.225. The molecule has 0 N–H and O–H groups in total. The van der Waals surface area contributed by atoms with E-state index in [9.17, 15) is 0 Å². The van der Waals surface area contributed by atoms with Crippen LogP contribution in [-0.2, 0) is 0 Å². The van der Waals surface area contributed by atoms with Crippen molar-refractivity contribution in [1.82, 2.24) is 9.97 Å². The number of anilines is 1. The lowest BCUT2D eigenvalue weighted by Crippen LogP contribution is -2.25. The third-order valence-electron chi connectivity index (χ3n) is 3.21. The summed E-state index contributed by atoms with van der Waals surface area (Å²) in [5.74, 6) is 1.62. The Bertz CT molecular complexity index is 594. The van der Waals surface area contributed by atoms with E-state index in [2.05, 4.69) is 14.9 Å². The minimum Gasteiger partial charge on any atom is -0.488 e. The highest BCUT2D eigenvalue weighted by atomic mass is 35.5. The van der Waals surface area contributed by atoms with Crippen LogP contribution in [0.15, 0.2) is 36.8 Å². The Morgan fingerprint density at radius 2 is 2.10 bits per heavy atom. The van der Waals surface area contributed by atoms with E-state index in [1.165, 1.54) is 0 Å². The van der Waals surface area contributed by atoms with Crippen LogP contribution in [0.25, 0.3) is 0 Å². The monoisotopic (exact) mass is 309 g/mol. The Morgan fingerprint density at radius 1 is 1.20 bits per heavy atom. The first-order valence-electron chi connectivity index (χ1n) is 6.35. The van der Waals surface area contributed by atoms with Gasteiger partial charge >= 0.3 is 0 Å². The van der Waals surface area contributed by atoms with Crippen molar-refractivity contribution in [3.8, 4) is 5.75 Å². The van der Waals surface area contributed by atoms with Gasteiger partial charge in [0.05, 0.1) is 22.8 Å². The molecule has 2 aromatic rings. The normalized spacial score (nSPS) is 18.3. The number of ether oxygens (including phenoxy) is 1. The number of benzene rings is 1. The summed E-state index contributed by atoms with van der Waals surface area (Å²) in [5, 5.41) is 1.04. The molecule has 1 atom stereocenters. The summed E-state index contributed by atoms with van der Waals surface area (Å²) in [7, 11) is 0. The maximum absolute atomic E-state index is 5.98. The van der Waals surface area contributed by atoms with E-state index < -0.39 is 0 Å². The molecule has 104 valence electrons. The van der Waals surface area contributed by atoms with Crippen LogP contribution in [-0.4, -0.2) is 29.2 Å². The predicted molar refractivity (Wildman–Crippen MR) is 79.7 cm³/mol. The molecule has 1 aliphatic heterocycles. The smallest absolute Gasteiger partial charge is 0.147 e. The van der Waals surface area contributed by atoms with E-state index in [0.29, 0.717) is 10.0 Å². The van der Waals surface area contributed by atoms with Crippen molar-refractivity contribution < 1.29 is 4.74 Å². The lowest BCUT2D eigenvalue weighted by atomic mass is 10.3. The van der Waals surface area contributed by atoms with Gasteiger partial charge in [-0.25, -0.2) is 4.98 Å². The van der Waals surface area contributed by atoms with Crippen molar-refractivity contribution in [2.45, 2.75) is 12.5 Å². The SMILES string of the molecule is Clc1ccc(OC2CCN(c3cnccn3)C2)cc1Cl. The van der Waals surface area contributed by atoms with Gasteiger partial charge in [-0.3, -0.25) is 4.98 Å². The van der Waals surface area contributed by atoms with Crippen LogP contribution >= 0.6 is 23.2 Å². The number of rotatable bonds is 3. The maximum atomic E-state index is 5.98. The zero-order valence-electron chi connectivity index (χ0n) is 10.7. The number of halogens is 2. The molecule has 0 radical (unpaired) electrons. The third-order valence-corrected chi connectivity index (χ3v) is 3.95. The van der Waals surface area contributed by atoms with Crippen LogP contribution < -0.4 is 9.64 Å². The van der Waals surface area contributed by atoms with Gasteiger partial charge in [0.2, 0.25) is 0 Å². The van der Waals surface area contributed by atoms with Gasteiger partial charge in [0.15, 0.2) is 0 Å². The molecule has 0 bridgehead atoms. The molecule has 2 heterocycles. The molecular weight excluding hydrogens is 297 g/mol. The Kier molecular flexibility index (Phi) is 3.94. The highest BCUT2D eigenvalue weighted by Gasteiger charge is 2.25. The average Bonchev–Trinajstić information content (AvgIpc) is 2.92. The zero-order chi connectivity index (χ0) is 13.9. The third kappa shape index (κ3) is 2.97. The molecule has 1 unspecified atom stereocenters. The van der Waals surface area contributed by atoms with Gasteiger partial charge < -0.3 is 9.64 Å². The van der Waals surface area contributed by atoms with Crippen LogP contribution in [0.2, 0.25) is 10.0 Å². The minimum absolute atomic E-state index is 0.120. The fourth-order valence-electron chi connectivity index (χ4n) is 2.23. The largest absolute Gasteiger partial charge is 0.488 e. The molecule has 3 rings (SSSR count). The first kappa shape index (κ1) is 13.5. The summed E-state index contributed by atoms with van der Waals surface area (Å²) in [4.78, 5) is 10.5. The molecule has 1 aliphatic rings. The standard InChI is InChI=1S/C14H13Cl2N3O/c15-12-2-1-10(7-13(12)16)20-11-3-6-19(9-11)14-8-17-4-5-18-14/h1-2,4-5,7-8,11H,3,6,9H2. The number of aromatic nitrogens is 2. The van der Waals surface area contributed by atoms with Crippen LogP contribution in [0.1, 0.15) is 6.42 Å². The van der Waals surface area contributed by atoms with Gasteiger partial charge in [-0.1, -0.05) is 23.2 Å². The van der Waals surface area contributed by atoms with E-state index in [1.54, 1.807) is 30.7 Å². The fourth-order valence-corrected chi connectivity index (χ4v) is 2.52. The van der Waals surface area contributed by atoms with Crippen LogP contribution in [0.4, 0.5) is 5.82 Å². The first-order valence-corrected chi connectivity index (χ1v) is 7.10.